The van der Waals surface area contributed by atoms with Crippen molar-refractivity contribution in [2.24, 2.45) is 34.5 Å². The maximum atomic E-state index is 13.1. The van der Waals surface area contributed by atoms with Crippen LogP contribution >= 0.6 is 0 Å². The van der Waals surface area contributed by atoms with Crippen molar-refractivity contribution in [1.82, 2.24) is 4.90 Å². The number of fused-ring (bicyclic) bond motifs is 2. The fourth-order valence-corrected chi connectivity index (χ4v) is 9.64. The van der Waals surface area contributed by atoms with Gasteiger partial charge in [0, 0.05) is 36.9 Å². The monoisotopic (exact) mass is 391 g/mol. The molecule has 2 unspecified atom stereocenters. The Labute approximate surface area is 166 Å². The smallest absolute Gasteiger partial charge is 0.312 e. The highest BCUT2D eigenvalue weighted by Gasteiger charge is 2.84. The van der Waals surface area contributed by atoms with Crippen molar-refractivity contribution in [3.8, 4) is 0 Å². The number of aliphatic hydroxyl groups excluding tert-OH is 1. The zero-order valence-corrected chi connectivity index (χ0v) is 17.1. The van der Waals surface area contributed by atoms with Gasteiger partial charge in [-0.05, 0) is 50.0 Å². The van der Waals surface area contributed by atoms with Crippen LogP contribution in [0.5, 0.6) is 0 Å². The van der Waals surface area contributed by atoms with Crippen molar-refractivity contribution in [2.75, 3.05) is 20.2 Å². The molecule has 1 spiro atoms. The highest BCUT2D eigenvalue weighted by atomic mass is 16.5. The number of methoxy groups -OCH3 is 1. The van der Waals surface area contributed by atoms with E-state index in [9.17, 15) is 15.0 Å². The molecule has 28 heavy (non-hydrogen) atoms. The first-order valence-electron chi connectivity index (χ1n) is 11.2. The number of likely N-dealkylation sites (tertiary alicyclic amines) is 1. The third-order valence-electron chi connectivity index (χ3n) is 10.1. The summed E-state index contributed by atoms with van der Waals surface area (Å²) in [6.07, 6.45) is 3.38. The van der Waals surface area contributed by atoms with E-state index in [1.54, 1.807) is 7.11 Å². The lowest BCUT2D eigenvalue weighted by Crippen LogP contribution is -2.76. The predicted molar refractivity (Wildman–Crippen MR) is 100 cm³/mol. The van der Waals surface area contributed by atoms with Crippen LogP contribution in [0.2, 0.25) is 0 Å². The first-order chi connectivity index (χ1) is 13.3. The Morgan fingerprint density at radius 1 is 1.32 bits per heavy atom. The molecule has 0 amide bonds. The van der Waals surface area contributed by atoms with Crippen LogP contribution in [-0.2, 0) is 14.3 Å². The number of hydrogen-bond donors (Lipinski definition) is 2. The average molecular weight is 392 g/mol. The summed E-state index contributed by atoms with van der Waals surface area (Å²) in [5.74, 6) is -0.969. The van der Waals surface area contributed by atoms with Gasteiger partial charge in [-0.2, -0.15) is 0 Å². The molecule has 11 atom stereocenters. The lowest BCUT2D eigenvalue weighted by atomic mass is 9.42. The summed E-state index contributed by atoms with van der Waals surface area (Å²) in [6.45, 7) is 6.38. The SMILES string of the molecule is CCN1C[C@]2(C)CC[C@H](OC)[C@@]34[C@@H]5C[C@@H]6CC[C@](O)(C(C(O)[C@@H]23)[C@@H]14)[C@H]5C(=O)O6. The van der Waals surface area contributed by atoms with Gasteiger partial charge in [0.05, 0.1) is 23.7 Å². The Morgan fingerprint density at radius 3 is 2.82 bits per heavy atom. The molecule has 0 aromatic carbocycles. The lowest BCUT2D eigenvalue weighted by molar-refractivity contribution is -0.269. The highest BCUT2D eigenvalue weighted by molar-refractivity contribution is 5.77. The van der Waals surface area contributed by atoms with Crippen molar-refractivity contribution in [3.63, 3.8) is 0 Å². The first-order valence-corrected chi connectivity index (χ1v) is 11.2. The van der Waals surface area contributed by atoms with E-state index in [0.717, 1.165) is 32.4 Å². The minimum absolute atomic E-state index is 0.0123. The van der Waals surface area contributed by atoms with Crippen LogP contribution in [0.25, 0.3) is 0 Å². The van der Waals surface area contributed by atoms with Crippen LogP contribution in [0, 0.1) is 34.5 Å². The molecule has 6 heteroatoms. The zero-order valence-electron chi connectivity index (χ0n) is 17.1. The van der Waals surface area contributed by atoms with Gasteiger partial charge in [-0.1, -0.05) is 13.8 Å². The summed E-state index contributed by atoms with van der Waals surface area (Å²) in [5, 5.41) is 23.9. The number of carbonyl (C=O) groups is 1. The normalized spacial score (nSPS) is 61.8. The Hall–Kier alpha value is -0.690. The van der Waals surface area contributed by atoms with Gasteiger partial charge in [0.2, 0.25) is 0 Å². The lowest BCUT2D eigenvalue weighted by Gasteiger charge is -2.69. The van der Waals surface area contributed by atoms with Gasteiger partial charge < -0.3 is 19.7 Å². The molecule has 6 nitrogen and oxygen atoms in total. The summed E-state index contributed by atoms with van der Waals surface area (Å²) in [6, 6.07) is 0.0757. The molecule has 3 saturated heterocycles. The van der Waals surface area contributed by atoms with E-state index in [4.69, 9.17) is 9.47 Å². The molecule has 9 bridgehead atoms. The van der Waals surface area contributed by atoms with E-state index < -0.39 is 17.6 Å². The largest absolute Gasteiger partial charge is 0.462 e. The average Bonchev–Trinajstić information content (AvgIpc) is 2.73. The second kappa shape index (κ2) is 5.32. The van der Waals surface area contributed by atoms with Crippen molar-refractivity contribution in [3.05, 3.63) is 0 Å². The number of esters is 1. The summed E-state index contributed by atoms with van der Waals surface area (Å²) < 4.78 is 11.9. The van der Waals surface area contributed by atoms with Crippen LogP contribution in [0.4, 0.5) is 0 Å². The standard InChI is InChI=1S/C22H33NO5/c1-4-23-10-20(2)7-6-13(27-3)22-12-9-11-5-8-21(26,14(12)19(25)28-11)15(18(22)23)16(24)17(20)22/h11-18,24,26H,4-10H2,1-3H3/t11-,12+,13-,14+,15?,16?,17-,18+,20-,21+,22-/m0/s1. The molecule has 156 valence electrons. The van der Waals surface area contributed by atoms with Crippen LogP contribution in [0.15, 0.2) is 0 Å². The molecular formula is C22H33NO5. The van der Waals surface area contributed by atoms with E-state index in [0.29, 0.717) is 12.8 Å². The van der Waals surface area contributed by atoms with Gasteiger partial charge >= 0.3 is 5.97 Å². The predicted octanol–water partition coefficient (Wildman–Crippen LogP) is 1.19. The Kier molecular flexibility index (Phi) is 3.44. The summed E-state index contributed by atoms with van der Waals surface area (Å²) in [7, 11) is 1.79. The summed E-state index contributed by atoms with van der Waals surface area (Å²) in [4.78, 5) is 15.6. The molecule has 3 aliphatic heterocycles. The number of rotatable bonds is 2. The minimum Gasteiger partial charge on any atom is -0.462 e. The van der Waals surface area contributed by atoms with E-state index in [1.165, 1.54) is 0 Å². The van der Waals surface area contributed by atoms with Gasteiger partial charge in [0.15, 0.2) is 0 Å². The van der Waals surface area contributed by atoms with Gasteiger partial charge in [0.25, 0.3) is 0 Å². The molecule has 4 saturated carbocycles. The molecule has 7 fully saturated rings. The third kappa shape index (κ3) is 1.68. The summed E-state index contributed by atoms with van der Waals surface area (Å²) in [5.41, 5.74) is -1.46. The van der Waals surface area contributed by atoms with E-state index in [-0.39, 0.29) is 52.8 Å². The Balaban J connectivity index is 1.66. The number of nitrogens with zero attached hydrogens (tertiary/aromatic N) is 1. The van der Waals surface area contributed by atoms with E-state index >= 15 is 0 Å². The number of carbonyl (C=O) groups excluding carboxylic acids is 1. The second-order valence-electron chi connectivity index (χ2n) is 10.8. The summed E-state index contributed by atoms with van der Waals surface area (Å²) >= 11 is 0. The highest BCUT2D eigenvalue weighted by Crippen LogP contribution is 2.77. The maximum absolute atomic E-state index is 13.1. The molecular weight excluding hydrogens is 358 g/mol. The molecule has 7 rings (SSSR count). The van der Waals surface area contributed by atoms with Gasteiger partial charge in [-0.25, -0.2) is 0 Å². The second-order valence-corrected chi connectivity index (χ2v) is 10.8. The number of hydrogen-bond acceptors (Lipinski definition) is 6. The molecule has 7 aliphatic rings. The molecule has 4 aliphatic carbocycles. The fraction of sp³-hybridized carbons (Fsp3) is 0.955. The van der Waals surface area contributed by atoms with Gasteiger partial charge in [0.1, 0.15) is 6.10 Å². The van der Waals surface area contributed by atoms with Gasteiger partial charge in [-0.3, -0.25) is 9.69 Å². The minimum atomic E-state index is -1.17. The fourth-order valence-electron chi connectivity index (χ4n) is 9.64. The van der Waals surface area contributed by atoms with Crippen LogP contribution in [0.1, 0.15) is 46.0 Å². The number of aliphatic hydroxyl groups is 2. The van der Waals surface area contributed by atoms with Crippen LogP contribution in [-0.4, -0.2) is 71.2 Å². The molecule has 0 aromatic rings. The first kappa shape index (κ1) is 18.1. The van der Waals surface area contributed by atoms with E-state index in [2.05, 4.69) is 18.7 Å². The van der Waals surface area contributed by atoms with Gasteiger partial charge in [-0.15, -0.1) is 0 Å². The topological polar surface area (TPSA) is 79.2 Å². The maximum Gasteiger partial charge on any atom is 0.312 e. The number of piperidine rings is 1. The molecule has 0 radical (unpaired) electrons. The van der Waals surface area contributed by atoms with Crippen molar-refractivity contribution in [2.45, 2.75) is 75.9 Å². The molecule has 3 heterocycles. The molecule has 0 aromatic heterocycles. The number of ether oxygens (including phenoxy) is 2. The van der Waals surface area contributed by atoms with Crippen LogP contribution < -0.4 is 0 Å². The quantitative estimate of drug-likeness (QED) is 0.689. The third-order valence-corrected chi connectivity index (χ3v) is 10.1. The Bertz CT molecular complexity index is 730. The van der Waals surface area contributed by atoms with Crippen molar-refractivity contribution >= 4 is 5.97 Å². The zero-order chi connectivity index (χ0) is 19.6. The van der Waals surface area contributed by atoms with E-state index in [1.807, 2.05) is 0 Å². The Morgan fingerprint density at radius 2 is 2.11 bits per heavy atom. The van der Waals surface area contributed by atoms with Crippen LogP contribution in [0.3, 0.4) is 0 Å². The van der Waals surface area contributed by atoms with Crippen molar-refractivity contribution in [1.29, 1.82) is 0 Å². The van der Waals surface area contributed by atoms with Crippen molar-refractivity contribution < 1.29 is 24.5 Å². The molecule has 2 N–H and O–H groups in total.